The fourth-order valence-electron chi connectivity index (χ4n) is 1.20. The fraction of sp³-hybridized carbons (Fsp3) is 0.200. The maximum absolute atomic E-state index is 12.1. The first-order valence-electron chi connectivity index (χ1n) is 5.34. The van der Waals surface area contributed by atoms with Crippen LogP contribution in [0.3, 0.4) is 0 Å². The minimum Gasteiger partial charge on any atom is -0.395 e. The van der Waals surface area contributed by atoms with Crippen LogP contribution < -0.4 is 4.72 Å². The number of nitrogens with zero attached hydrogens (tertiary/aromatic N) is 4. The second-order valence-corrected chi connectivity index (χ2v) is 5.87. The number of rotatable bonds is 4. The summed E-state index contributed by atoms with van der Waals surface area (Å²) in [7, 11) is -3.80. The summed E-state index contributed by atoms with van der Waals surface area (Å²) in [6.07, 6.45) is 2.95. The minimum absolute atomic E-state index is 0.0384. The molecule has 0 bridgehead atoms. The molecule has 0 radical (unpaired) electrons. The van der Waals surface area contributed by atoms with Gasteiger partial charge in [-0.25, -0.2) is 8.42 Å². The van der Waals surface area contributed by atoms with Gasteiger partial charge >= 0.3 is 0 Å². The van der Waals surface area contributed by atoms with E-state index in [-0.39, 0.29) is 16.6 Å². The third-order valence-electron chi connectivity index (χ3n) is 2.01. The molecule has 0 amide bonds. The summed E-state index contributed by atoms with van der Waals surface area (Å²) < 4.78 is 29.8. The predicted molar refractivity (Wildman–Crippen MR) is 71.3 cm³/mol. The van der Waals surface area contributed by atoms with E-state index in [4.69, 9.17) is 5.11 Å². The third kappa shape index (κ3) is 3.70. The average molecular weight is 311 g/mol. The quantitative estimate of drug-likeness (QED) is 0.755. The summed E-state index contributed by atoms with van der Waals surface area (Å²) in [6, 6.07) is 1.38. The molecule has 0 atom stereocenters. The number of hydrogen-bond donors (Lipinski definition) is 2. The van der Waals surface area contributed by atoms with Crippen molar-refractivity contribution in [3.05, 3.63) is 24.0 Å². The first-order valence-corrected chi connectivity index (χ1v) is 7.60. The number of aromatic nitrogens is 4. The van der Waals surface area contributed by atoms with Crippen molar-refractivity contribution in [2.45, 2.75) is 11.3 Å². The van der Waals surface area contributed by atoms with Crippen molar-refractivity contribution in [1.29, 1.82) is 0 Å². The van der Waals surface area contributed by atoms with E-state index in [0.717, 1.165) is 11.5 Å². The molecule has 2 heterocycles. The number of aliphatic hydroxyl groups is 1. The van der Waals surface area contributed by atoms with E-state index >= 15 is 0 Å². The van der Waals surface area contributed by atoms with Gasteiger partial charge in [-0.2, -0.15) is 0 Å². The zero-order valence-corrected chi connectivity index (χ0v) is 11.6. The van der Waals surface area contributed by atoms with E-state index in [0.29, 0.717) is 12.0 Å². The highest BCUT2D eigenvalue weighted by Gasteiger charge is 2.16. The molecule has 0 aliphatic rings. The lowest BCUT2D eigenvalue weighted by Crippen LogP contribution is -2.13. The van der Waals surface area contributed by atoms with Crippen LogP contribution in [0.1, 0.15) is 12.0 Å². The SMILES string of the molecule is O=S(=O)(Nc1nnns1)c1cncc(C#CCCO)c1. The summed E-state index contributed by atoms with van der Waals surface area (Å²) in [4.78, 5) is 3.79. The Morgan fingerprint density at radius 1 is 1.40 bits per heavy atom. The lowest BCUT2D eigenvalue weighted by Gasteiger charge is -2.03. The van der Waals surface area contributed by atoms with Crippen molar-refractivity contribution in [3.63, 3.8) is 0 Å². The van der Waals surface area contributed by atoms with Gasteiger partial charge in [0.2, 0.25) is 5.13 Å². The Labute approximate surface area is 119 Å². The third-order valence-corrected chi connectivity index (χ3v) is 3.96. The molecule has 0 aliphatic heterocycles. The summed E-state index contributed by atoms with van der Waals surface area (Å²) in [5, 5.41) is 15.5. The highest BCUT2D eigenvalue weighted by atomic mass is 32.2. The topological polar surface area (TPSA) is 118 Å². The van der Waals surface area contributed by atoms with E-state index in [1.807, 2.05) is 0 Å². The second kappa shape index (κ2) is 6.38. The maximum Gasteiger partial charge on any atom is 0.265 e. The lowest BCUT2D eigenvalue weighted by atomic mass is 10.3. The number of sulfonamides is 1. The van der Waals surface area contributed by atoms with E-state index in [1.165, 1.54) is 18.5 Å². The molecule has 8 nitrogen and oxygen atoms in total. The molecule has 0 saturated carbocycles. The summed E-state index contributed by atoms with van der Waals surface area (Å²) in [6.45, 7) is -0.0516. The molecule has 2 aromatic rings. The Morgan fingerprint density at radius 2 is 2.25 bits per heavy atom. The van der Waals surface area contributed by atoms with Gasteiger partial charge in [-0.15, -0.1) is 0 Å². The summed E-state index contributed by atoms with van der Waals surface area (Å²) in [5.41, 5.74) is 0.441. The standard InChI is InChI=1S/C10H9N5O3S2/c16-4-2-1-3-8-5-9(7-11-6-8)20(17,18)13-10-12-14-15-19-10/h5-7,16H,2,4H2,(H,12,13,15). The highest BCUT2D eigenvalue weighted by Crippen LogP contribution is 2.15. The molecule has 2 N–H and O–H groups in total. The Balaban J connectivity index is 2.24. The Kier molecular flexibility index (Phi) is 4.57. The van der Waals surface area contributed by atoms with Crippen LogP contribution in [0.4, 0.5) is 5.13 Å². The zero-order valence-electron chi connectivity index (χ0n) is 10.0. The van der Waals surface area contributed by atoms with Crippen molar-refractivity contribution in [1.82, 2.24) is 19.8 Å². The Bertz CT molecular complexity index is 734. The molecule has 0 saturated heterocycles. The molecule has 2 rings (SSSR count). The van der Waals surface area contributed by atoms with Gasteiger partial charge < -0.3 is 5.11 Å². The normalized spacial score (nSPS) is 10.7. The van der Waals surface area contributed by atoms with Crippen LogP contribution in [0, 0.1) is 11.8 Å². The number of nitrogens with one attached hydrogen (secondary N) is 1. The molecule has 0 aliphatic carbocycles. The fourth-order valence-corrected chi connectivity index (χ4v) is 2.77. The maximum atomic E-state index is 12.1. The molecule has 104 valence electrons. The molecule has 0 unspecified atom stereocenters. The predicted octanol–water partition coefficient (Wildman–Crippen LogP) is -0.137. The number of hydrogen-bond acceptors (Lipinski definition) is 8. The molecule has 0 aromatic carbocycles. The van der Waals surface area contributed by atoms with Crippen molar-refractivity contribution < 1.29 is 13.5 Å². The Morgan fingerprint density at radius 3 is 2.95 bits per heavy atom. The van der Waals surface area contributed by atoms with Crippen LogP contribution in [-0.2, 0) is 10.0 Å². The number of pyridine rings is 1. The van der Waals surface area contributed by atoms with E-state index in [9.17, 15) is 8.42 Å². The van der Waals surface area contributed by atoms with Crippen LogP contribution in [-0.4, -0.2) is 39.9 Å². The van der Waals surface area contributed by atoms with E-state index < -0.39 is 10.0 Å². The number of aliphatic hydroxyl groups excluding tert-OH is 1. The second-order valence-electron chi connectivity index (χ2n) is 3.46. The molecular formula is C10H9N5O3S2. The van der Waals surface area contributed by atoms with Crippen molar-refractivity contribution >= 4 is 26.7 Å². The molecule has 0 fully saturated rings. The first-order chi connectivity index (χ1) is 9.62. The van der Waals surface area contributed by atoms with Gasteiger partial charge in [-0.1, -0.05) is 21.4 Å². The van der Waals surface area contributed by atoms with Gasteiger partial charge in [0.1, 0.15) is 4.90 Å². The van der Waals surface area contributed by atoms with Gasteiger partial charge in [0, 0.05) is 35.9 Å². The van der Waals surface area contributed by atoms with E-state index in [2.05, 4.69) is 36.3 Å². The number of anilines is 1. The van der Waals surface area contributed by atoms with Crippen LogP contribution >= 0.6 is 11.5 Å². The Hall–Kier alpha value is -2.09. The molecule has 10 heteroatoms. The molecule has 20 heavy (non-hydrogen) atoms. The van der Waals surface area contributed by atoms with Gasteiger partial charge in [-0.3, -0.25) is 9.71 Å². The van der Waals surface area contributed by atoms with Crippen molar-refractivity contribution in [2.24, 2.45) is 0 Å². The molecule has 0 spiro atoms. The summed E-state index contributed by atoms with van der Waals surface area (Å²) >= 11 is 0.827. The highest BCUT2D eigenvalue weighted by molar-refractivity contribution is 7.93. The van der Waals surface area contributed by atoms with Crippen LogP contribution in [0.2, 0.25) is 0 Å². The zero-order chi connectivity index (χ0) is 14.4. The van der Waals surface area contributed by atoms with E-state index in [1.54, 1.807) is 0 Å². The van der Waals surface area contributed by atoms with Crippen LogP contribution in [0.25, 0.3) is 0 Å². The smallest absolute Gasteiger partial charge is 0.265 e. The van der Waals surface area contributed by atoms with Crippen LogP contribution in [0.5, 0.6) is 0 Å². The lowest BCUT2D eigenvalue weighted by molar-refractivity contribution is 0.305. The average Bonchev–Trinajstić information content (AvgIpc) is 2.92. The first kappa shape index (κ1) is 14.3. The minimum atomic E-state index is -3.80. The van der Waals surface area contributed by atoms with Gasteiger partial charge in [0.15, 0.2) is 0 Å². The largest absolute Gasteiger partial charge is 0.395 e. The van der Waals surface area contributed by atoms with Crippen molar-refractivity contribution in [2.75, 3.05) is 11.3 Å². The molecular weight excluding hydrogens is 302 g/mol. The van der Waals surface area contributed by atoms with Gasteiger partial charge in [0.05, 0.1) is 6.61 Å². The van der Waals surface area contributed by atoms with Gasteiger partial charge in [0.25, 0.3) is 10.0 Å². The van der Waals surface area contributed by atoms with Gasteiger partial charge in [-0.05, 0) is 11.3 Å². The van der Waals surface area contributed by atoms with Crippen LogP contribution in [0.15, 0.2) is 23.4 Å². The van der Waals surface area contributed by atoms with Crippen molar-refractivity contribution in [3.8, 4) is 11.8 Å². The monoisotopic (exact) mass is 311 g/mol. The summed E-state index contributed by atoms with van der Waals surface area (Å²) in [5.74, 6) is 5.40. The molecule has 2 aromatic heterocycles.